The van der Waals surface area contributed by atoms with Gasteiger partial charge in [0.2, 0.25) is 0 Å². The van der Waals surface area contributed by atoms with Gasteiger partial charge in [-0.15, -0.1) is 0 Å². The number of esters is 1. The Bertz CT molecular complexity index is 789. The van der Waals surface area contributed by atoms with E-state index < -0.39 is 5.79 Å². The number of carbonyl (C=O) groups is 2. The number of ketones is 1. The molecule has 5 rings (SSSR count). The number of rotatable bonds is 3. The molecular formula is C24H35NO5. The molecule has 0 unspecified atom stereocenters. The fourth-order valence-electron chi connectivity index (χ4n) is 8.12. The van der Waals surface area contributed by atoms with Gasteiger partial charge in [-0.1, -0.05) is 12.5 Å². The van der Waals surface area contributed by atoms with Gasteiger partial charge in [0.25, 0.3) is 0 Å². The molecule has 2 aliphatic heterocycles. The molecule has 166 valence electrons. The first-order chi connectivity index (χ1) is 14.4. The molecule has 5 aliphatic rings. The monoisotopic (exact) mass is 417 g/mol. The Balaban J connectivity index is 1.65. The van der Waals surface area contributed by atoms with Gasteiger partial charge < -0.3 is 19.1 Å². The molecule has 0 radical (unpaired) electrons. The molecule has 6 heteroatoms. The number of nitrogens with zero attached hydrogens (tertiary/aromatic N) is 1. The Labute approximate surface area is 179 Å². The van der Waals surface area contributed by atoms with Crippen LogP contribution in [0.2, 0.25) is 0 Å². The molecule has 2 spiro atoms. The molecule has 1 saturated carbocycles. The van der Waals surface area contributed by atoms with Crippen LogP contribution in [0, 0.1) is 28.6 Å². The summed E-state index contributed by atoms with van der Waals surface area (Å²) in [6, 6.07) is 0. The van der Waals surface area contributed by atoms with Crippen molar-refractivity contribution in [2.75, 3.05) is 41.0 Å². The van der Waals surface area contributed by atoms with Crippen molar-refractivity contribution in [2.45, 2.75) is 57.7 Å². The van der Waals surface area contributed by atoms with Crippen LogP contribution in [0.25, 0.3) is 0 Å². The molecule has 2 saturated heterocycles. The number of allylic oxidation sites excluding steroid dienone is 1. The second-order valence-electron chi connectivity index (χ2n) is 10.4. The van der Waals surface area contributed by atoms with E-state index in [2.05, 4.69) is 18.9 Å². The molecule has 30 heavy (non-hydrogen) atoms. The average Bonchev–Trinajstić information content (AvgIpc) is 3.23. The van der Waals surface area contributed by atoms with Crippen LogP contribution < -0.4 is 0 Å². The lowest BCUT2D eigenvalue weighted by Crippen LogP contribution is -2.64. The van der Waals surface area contributed by atoms with Gasteiger partial charge in [-0.2, -0.15) is 0 Å². The zero-order valence-electron chi connectivity index (χ0n) is 18.8. The summed E-state index contributed by atoms with van der Waals surface area (Å²) in [6.07, 6.45) is 5.87. The quantitative estimate of drug-likeness (QED) is 0.658. The number of methoxy groups -OCH3 is 2. The summed E-state index contributed by atoms with van der Waals surface area (Å²) in [6.45, 7) is 4.70. The summed E-state index contributed by atoms with van der Waals surface area (Å²) in [7, 11) is 5.42. The summed E-state index contributed by atoms with van der Waals surface area (Å²) < 4.78 is 17.6. The summed E-state index contributed by atoms with van der Waals surface area (Å²) in [5.74, 6) is -0.128. The van der Waals surface area contributed by atoms with Gasteiger partial charge in [0.15, 0.2) is 11.6 Å². The number of piperidine rings is 1. The molecule has 0 amide bonds. The number of hydrogen-bond acceptors (Lipinski definition) is 6. The highest BCUT2D eigenvalue weighted by molar-refractivity contribution is 6.01. The van der Waals surface area contributed by atoms with Crippen LogP contribution in [0.1, 0.15) is 51.9 Å². The number of Topliss-reactive ketones (excluding diaryl/α,β-unsaturated/α-hetero) is 1. The highest BCUT2D eigenvalue weighted by Crippen LogP contribution is 2.71. The molecular weight excluding hydrogens is 382 g/mol. The topological polar surface area (TPSA) is 65.1 Å². The third-order valence-corrected chi connectivity index (χ3v) is 9.52. The Morgan fingerprint density at radius 2 is 2.10 bits per heavy atom. The molecule has 3 fully saturated rings. The Morgan fingerprint density at radius 1 is 1.30 bits per heavy atom. The third-order valence-electron chi connectivity index (χ3n) is 9.52. The maximum Gasteiger partial charge on any atom is 0.309 e. The van der Waals surface area contributed by atoms with E-state index in [1.165, 1.54) is 12.7 Å². The second-order valence-corrected chi connectivity index (χ2v) is 10.4. The summed E-state index contributed by atoms with van der Waals surface area (Å²) in [5.41, 5.74) is 2.13. The Kier molecular flexibility index (Phi) is 4.73. The second kappa shape index (κ2) is 6.88. The summed E-state index contributed by atoms with van der Waals surface area (Å²) >= 11 is 0. The van der Waals surface area contributed by atoms with Crippen molar-refractivity contribution >= 4 is 11.8 Å². The fourth-order valence-corrected chi connectivity index (χ4v) is 8.12. The van der Waals surface area contributed by atoms with Crippen LogP contribution in [-0.4, -0.2) is 63.4 Å². The van der Waals surface area contributed by atoms with E-state index in [0.29, 0.717) is 18.9 Å². The number of carbonyl (C=O) groups excluding carboxylic acids is 2. The average molecular weight is 418 g/mol. The van der Waals surface area contributed by atoms with Crippen molar-refractivity contribution in [3.05, 3.63) is 11.1 Å². The molecule has 2 heterocycles. The van der Waals surface area contributed by atoms with Crippen molar-refractivity contribution in [3.8, 4) is 0 Å². The van der Waals surface area contributed by atoms with Crippen LogP contribution in [-0.2, 0) is 23.8 Å². The summed E-state index contributed by atoms with van der Waals surface area (Å²) in [4.78, 5) is 28.3. The number of hydrogen-bond donors (Lipinski definition) is 0. The fraction of sp³-hybridized carbons (Fsp3) is 0.833. The first-order valence-electron chi connectivity index (χ1n) is 11.6. The van der Waals surface area contributed by atoms with Crippen LogP contribution >= 0.6 is 0 Å². The predicted octanol–water partition coefficient (Wildman–Crippen LogP) is 2.96. The predicted molar refractivity (Wildman–Crippen MR) is 111 cm³/mol. The molecule has 6 atom stereocenters. The minimum Gasteiger partial charge on any atom is -0.469 e. The maximum absolute atomic E-state index is 13.1. The molecule has 0 aromatic carbocycles. The highest BCUT2D eigenvalue weighted by atomic mass is 16.7. The normalized spacial score (nSPS) is 45.6. The largest absolute Gasteiger partial charge is 0.469 e. The minimum absolute atomic E-state index is 0.0161. The molecule has 3 aliphatic carbocycles. The van der Waals surface area contributed by atoms with Gasteiger partial charge in [-0.3, -0.25) is 9.59 Å². The molecule has 2 bridgehead atoms. The maximum atomic E-state index is 13.1. The summed E-state index contributed by atoms with van der Waals surface area (Å²) in [5, 5.41) is 0. The number of ether oxygens (including phenoxy) is 3. The molecule has 6 nitrogen and oxygen atoms in total. The molecule has 0 N–H and O–H groups in total. The van der Waals surface area contributed by atoms with Gasteiger partial charge >= 0.3 is 5.97 Å². The van der Waals surface area contributed by atoms with Crippen LogP contribution in [0.15, 0.2) is 11.1 Å². The number of likely N-dealkylation sites (tertiary alicyclic amines) is 1. The Hall–Kier alpha value is -1.24. The lowest BCUT2D eigenvalue weighted by molar-refractivity contribution is -0.294. The molecule has 0 aromatic heterocycles. The van der Waals surface area contributed by atoms with Crippen molar-refractivity contribution in [2.24, 2.45) is 28.6 Å². The van der Waals surface area contributed by atoms with E-state index in [1.807, 2.05) is 0 Å². The van der Waals surface area contributed by atoms with Gasteiger partial charge in [0.05, 0.1) is 19.6 Å². The van der Waals surface area contributed by atoms with Gasteiger partial charge in [-0.05, 0) is 50.6 Å². The van der Waals surface area contributed by atoms with E-state index in [4.69, 9.17) is 14.2 Å². The third kappa shape index (κ3) is 2.47. The van der Waals surface area contributed by atoms with Crippen molar-refractivity contribution in [1.29, 1.82) is 0 Å². The van der Waals surface area contributed by atoms with Crippen molar-refractivity contribution < 1.29 is 23.8 Å². The van der Waals surface area contributed by atoms with E-state index in [1.54, 1.807) is 7.11 Å². The molecule has 0 aromatic rings. The van der Waals surface area contributed by atoms with Crippen molar-refractivity contribution in [3.63, 3.8) is 0 Å². The zero-order chi connectivity index (χ0) is 21.3. The first-order valence-corrected chi connectivity index (χ1v) is 11.6. The standard InChI is InChI=1S/C24H35NO5/c1-5-24(29-4)9-8-22(14-30-24)15-6-7-16-19(26)10-17-18(21(27)28-3)11-23(22,20(16)17)13-25(2)12-15/h15,17-18H,5-14H2,1-4H3/t15-,17-,18-,22+,23-,24-/m1/s1. The van der Waals surface area contributed by atoms with Crippen LogP contribution in [0.4, 0.5) is 0 Å². The zero-order valence-corrected chi connectivity index (χ0v) is 18.8. The van der Waals surface area contributed by atoms with E-state index in [-0.39, 0.29) is 34.4 Å². The smallest absolute Gasteiger partial charge is 0.309 e. The SMILES string of the molecule is CC[C@]1(OC)CC[C@]2(CO1)[C@@H]1CCC3=C4[C@H](CC3=O)[C@H](C(=O)OC)C[C@@]42CN(C)C1. The lowest BCUT2D eigenvalue weighted by Gasteiger charge is -2.62. The minimum atomic E-state index is -0.503. The Morgan fingerprint density at radius 3 is 2.73 bits per heavy atom. The van der Waals surface area contributed by atoms with Gasteiger partial charge in [-0.25, -0.2) is 0 Å². The van der Waals surface area contributed by atoms with Gasteiger partial charge in [0, 0.05) is 49.8 Å². The van der Waals surface area contributed by atoms with Gasteiger partial charge in [0.1, 0.15) is 0 Å². The van der Waals surface area contributed by atoms with Crippen LogP contribution in [0.5, 0.6) is 0 Å². The highest BCUT2D eigenvalue weighted by Gasteiger charge is 2.70. The van der Waals surface area contributed by atoms with Crippen molar-refractivity contribution in [1.82, 2.24) is 4.90 Å². The van der Waals surface area contributed by atoms with E-state index >= 15 is 0 Å². The van der Waals surface area contributed by atoms with Crippen LogP contribution in [0.3, 0.4) is 0 Å². The lowest BCUT2D eigenvalue weighted by atomic mass is 9.50. The van der Waals surface area contributed by atoms with E-state index in [9.17, 15) is 9.59 Å². The van der Waals surface area contributed by atoms with E-state index in [0.717, 1.165) is 57.2 Å². The first kappa shape index (κ1) is 20.7.